The van der Waals surface area contributed by atoms with Crippen LogP contribution in [0.2, 0.25) is 0 Å². The Bertz CT molecular complexity index is 943. The van der Waals surface area contributed by atoms with Gasteiger partial charge in [-0.1, -0.05) is 41.1 Å². The van der Waals surface area contributed by atoms with Gasteiger partial charge in [-0.15, -0.1) is 0 Å². The predicted octanol–water partition coefficient (Wildman–Crippen LogP) is 4.93. The van der Waals surface area contributed by atoms with E-state index >= 15 is 0 Å². The third-order valence-corrected chi connectivity index (χ3v) is 6.43. The van der Waals surface area contributed by atoms with Crippen LogP contribution in [0.15, 0.2) is 47.6 Å². The number of nitrogens with zero attached hydrogens (tertiary/aromatic N) is 1. The van der Waals surface area contributed by atoms with Gasteiger partial charge in [0.05, 0.1) is 11.1 Å². The molecular weight excluding hydrogens is 376 g/mol. The van der Waals surface area contributed by atoms with Crippen LogP contribution in [-0.4, -0.2) is 30.9 Å². The number of rotatable bonds is 5. The average Bonchev–Trinajstić information content (AvgIpc) is 3.20. The van der Waals surface area contributed by atoms with Crippen molar-refractivity contribution >= 4 is 17.3 Å². The molecular formula is C25H30N2O3. The Kier molecular flexibility index (Phi) is 5.91. The molecule has 4 rings (SSSR count). The summed E-state index contributed by atoms with van der Waals surface area (Å²) in [6.45, 7) is 7.40. The summed E-state index contributed by atoms with van der Waals surface area (Å²) < 4.78 is 5.58. The maximum Gasteiger partial charge on any atom is 0.230 e. The number of carbonyl (C=O) groups excluding carboxylic acids is 1. The monoisotopic (exact) mass is 406 g/mol. The minimum atomic E-state index is -0.500. The van der Waals surface area contributed by atoms with Crippen LogP contribution >= 0.6 is 0 Å². The van der Waals surface area contributed by atoms with E-state index in [4.69, 9.17) is 9.57 Å². The minimum Gasteiger partial charge on any atom is -0.392 e. The van der Waals surface area contributed by atoms with Crippen molar-refractivity contribution in [1.29, 1.82) is 0 Å². The fraction of sp³-hybridized carbons (Fsp3) is 0.440. The lowest BCUT2D eigenvalue weighted by Crippen LogP contribution is -2.43. The van der Waals surface area contributed by atoms with E-state index in [0.717, 1.165) is 23.4 Å². The van der Waals surface area contributed by atoms with E-state index in [1.807, 2.05) is 18.2 Å². The number of amides is 1. The van der Waals surface area contributed by atoms with Crippen LogP contribution in [0.4, 0.5) is 5.69 Å². The Labute approximate surface area is 178 Å². The molecule has 2 aromatic carbocycles. The number of hydrogen-bond acceptors (Lipinski definition) is 4. The molecule has 0 unspecified atom stereocenters. The van der Waals surface area contributed by atoms with Gasteiger partial charge in [0.1, 0.15) is 6.10 Å². The van der Waals surface area contributed by atoms with Gasteiger partial charge in [0, 0.05) is 31.7 Å². The van der Waals surface area contributed by atoms with Crippen LogP contribution in [0, 0.1) is 26.2 Å². The molecule has 1 fully saturated rings. The molecule has 5 heteroatoms. The predicted molar refractivity (Wildman–Crippen MR) is 119 cm³/mol. The summed E-state index contributed by atoms with van der Waals surface area (Å²) in [5, 5.41) is 7.49. The molecule has 2 aliphatic rings. The number of nitrogens with one attached hydrogen (secondary N) is 1. The molecule has 1 saturated heterocycles. The third-order valence-electron chi connectivity index (χ3n) is 6.43. The summed E-state index contributed by atoms with van der Waals surface area (Å²) in [4.78, 5) is 19.2. The Balaban J connectivity index is 1.46. The van der Waals surface area contributed by atoms with Crippen molar-refractivity contribution in [1.82, 2.24) is 0 Å². The van der Waals surface area contributed by atoms with Crippen molar-refractivity contribution in [3.8, 4) is 0 Å². The SMILES string of the molecule is Cc1ccc(C2=NO[C@@H](CC3(C(=O)Nc4ccc(C)c(C)c4)CCOCC3)C2)cc1. The quantitative estimate of drug-likeness (QED) is 0.766. The van der Waals surface area contributed by atoms with E-state index in [1.165, 1.54) is 16.7 Å². The van der Waals surface area contributed by atoms with Crippen LogP contribution in [-0.2, 0) is 14.4 Å². The standard InChI is InChI=1S/C25H30N2O3/c1-17-4-7-20(8-5-17)23-15-22(30-27-23)16-25(10-12-29-13-11-25)24(28)26-21-9-6-18(2)19(3)14-21/h4-9,14,22H,10-13,15-16H2,1-3H3,(H,26,28)/t22-/m1/s1. The van der Waals surface area contributed by atoms with Gasteiger partial charge in [-0.25, -0.2) is 0 Å². The first kappa shape index (κ1) is 20.6. The summed E-state index contributed by atoms with van der Waals surface area (Å²) in [6.07, 6.45) is 2.67. The largest absolute Gasteiger partial charge is 0.392 e. The zero-order valence-electron chi connectivity index (χ0n) is 18.0. The first-order chi connectivity index (χ1) is 14.4. The average molecular weight is 407 g/mol. The maximum absolute atomic E-state index is 13.4. The second-order valence-corrected chi connectivity index (χ2v) is 8.69. The van der Waals surface area contributed by atoms with Gasteiger partial charge in [0.2, 0.25) is 5.91 Å². The number of ether oxygens (including phenoxy) is 1. The normalized spacial score (nSPS) is 20.4. The minimum absolute atomic E-state index is 0.0569. The summed E-state index contributed by atoms with van der Waals surface area (Å²) in [6, 6.07) is 14.4. The Hall–Kier alpha value is -2.66. The van der Waals surface area contributed by atoms with Crippen molar-refractivity contribution in [2.75, 3.05) is 18.5 Å². The Morgan fingerprint density at radius 1 is 1.07 bits per heavy atom. The van der Waals surface area contributed by atoms with Crippen molar-refractivity contribution in [2.45, 2.75) is 52.6 Å². The lowest BCUT2D eigenvalue weighted by atomic mass is 9.74. The van der Waals surface area contributed by atoms with E-state index in [1.54, 1.807) is 0 Å². The molecule has 1 atom stereocenters. The fourth-order valence-electron chi connectivity index (χ4n) is 4.26. The van der Waals surface area contributed by atoms with Gasteiger partial charge in [0.15, 0.2) is 0 Å². The molecule has 2 aliphatic heterocycles. The summed E-state index contributed by atoms with van der Waals surface area (Å²) in [7, 11) is 0. The number of benzene rings is 2. The van der Waals surface area contributed by atoms with Crippen LogP contribution < -0.4 is 5.32 Å². The molecule has 0 radical (unpaired) electrons. The molecule has 30 heavy (non-hydrogen) atoms. The smallest absolute Gasteiger partial charge is 0.230 e. The molecule has 2 heterocycles. The lowest BCUT2D eigenvalue weighted by molar-refractivity contribution is -0.134. The summed E-state index contributed by atoms with van der Waals surface area (Å²) >= 11 is 0. The highest BCUT2D eigenvalue weighted by atomic mass is 16.6. The molecule has 1 amide bonds. The molecule has 2 aromatic rings. The second-order valence-electron chi connectivity index (χ2n) is 8.69. The van der Waals surface area contributed by atoms with E-state index < -0.39 is 5.41 Å². The van der Waals surface area contributed by atoms with Gasteiger partial charge >= 0.3 is 0 Å². The van der Waals surface area contributed by atoms with Gasteiger partial charge in [-0.2, -0.15) is 0 Å². The van der Waals surface area contributed by atoms with E-state index in [2.05, 4.69) is 55.5 Å². The zero-order valence-corrected chi connectivity index (χ0v) is 18.0. The molecule has 0 aliphatic carbocycles. The van der Waals surface area contributed by atoms with E-state index in [0.29, 0.717) is 32.5 Å². The van der Waals surface area contributed by atoms with Crippen molar-refractivity contribution in [3.05, 3.63) is 64.7 Å². The molecule has 5 nitrogen and oxygen atoms in total. The summed E-state index contributed by atoms with van der Waals surface area (Å²) in [5.74, 6) is 0.0569. The molecule has 158 valence electrons. The molecule has 0 aromatic heterocycles. The van der Waals surface area contributed by atoms with Crippen LogP contribution in [0.5, 0.6) is 0 Å². The third kappa shape index (κ3) is 4.41. The number of carbonyl (C=O) groups is 1. The number of oxime groups is 1. The maximum atomic E-state index is 13.4. The van der Waals surface area contributed by atoms with Crippen molar-refractivity contribution in [3.63, 3.8) is 0 Å². The highest BCUT2D eigenvalue weighted by Crippen LogP contribution is 2.39. The first-order valence-electron chi connectivity index (χ1n) is 10.7. The van der Waals surface area contributed by atoms with E-state index in [9.17, 15) is 4.79 Å². The zero-order chi connectivity index (χ0) is 21.1. The topological polar surface area (TPSA) is 59.9 Å². The molecule has 0 spiro atoms. The van der Waals surface area contributed by atoms with Crippen LogP contribution in [0.25, 0.3) is 0 Å². The number of anilines is 1. The molecule has 0 saturated carbocycles. The van der Waals surface area contributed by atoms with Gasteiger partial charge in [0.25, 0.3) is 0 Å². The van der Waals surface area contributed by atoms with E-state index in [-0.39, 0.29) is 12.0 Å². The molecule has 1 N–H and O–H groups in total. The second kappa shape index (κ2) is 8.60. The van der Waals surface area contributed by atoms with Crippen LogP contribution in [0.3, 0.4) is 0 Å². The number of aryl methyl sites for hydroxylation is 3. The van der Waals surface area contributed by atoms with Gasteiger partial charge in [-0.3, -0.25) is 4.79 Å². The van der Waals surface area contributed by atoms with Gasteiger partial charge in [-0.05, 0) is 62.4 Å². The molecule has 0 bridgehead atoms. The Morgan fingerprint density at radius 2 is 1.80 bits per heavy atom. The number of hydrogen-bond donors (Lipinski definition) is 1. The summed E-state index contributed by atoms with van der Waals surface area (Å²) in [5.41, 5.74) is 6.00. The highest BCUT2D eigenvalue weighted by Gasteiger charge is 2.43. The van der Waals surface area contributed by atoms with Gasteiger partial charge < -0.3 is 14.9 Å². The van der Waals surface area contributed by atoms with Crippen molar-refractivity contribution < 1.29 is 14.4 Å². The van der Waals surface area contributed by atoms with Crippen molar-refractivity contribution in [2.24, 2.45) is 10.6 Å². The highest BCUT2D eigenvalue weighted by molar-refractivity contribution is 6.01. The van der Waals surface area contributed by atoms with Crippen LogP contribution in [0.1, 0.15) is 47.9 Å². The lowest BCUT2D eigenvalue weighted by Gasteiger charge is -2.37. The fourth-order valence-corrected chi connectivity index (χ4v) is 4.26. The Morgan fingerprint density at radius 3 is 2.50 bits per heavy atom. The first-order valence-corrected chi connectivity index (χ1v) is 10.7.